The van der Waals surface area contributed by atoms with Crippen molar-refractivity contribution in [3.63, 3.8) is 0 Å². The molecule has 2 aromatic carbocycles. The zero-order valence-electron chi connectivity index (χ0n) is 17.2. The van der Waals surface area contributed by atoms with Crippen molar-refractivity contribution in [2.45, 2.75) is 19.4 Å². The molecule has 29 heavy (non-hydrogen) atoms. The van der Waals surface area contributed by atoms with Gasteiger partial charge in [0.25, 0.3) is 0 Å². The van der Waals surface area contributed by atoms with Crippen LogP contribution in [-0.2, 0) is 11.2 Å². The minimum Gasteiger partial charge on any atom is -0.469 e. The van der Waals surface area contributed by atoms with E-state index < -0.39 is 0 Å². The summed E-state index contributed by atoms with van der Waals surface area (Å²) >= 11 is 0. The molecule has 1 heterocycles. The molecule has 0 saturated heterocycles. The Hall–Kier alpha value is -3.28. The standard InChI is InChI=1S/C23H28N4O2/c1-17(20-12-6-9-18-8-4-5-11-21(18)20)26-23(25-16-22(28)27(2)3)24-14-13-19-10-7-15-29-19/h4-12,15,17H,13-14,16H2,1-3H3,(H2,24,25,26). The maximum Gasteiger partial charge on any atom is 0.243 e. The van der Waals surface area contributed by atoms with Gasteiger partial charge in [-0.15, -0.1) is 0 Å². The van der Waals surface area contributed by atoms with Gasteiger partial charge in [0.2, 0.25) is 5.91 Å². The van der Waals surface area contributed by atoms with Crippen molar-refractivity contribution >= 4 is 22.6 Å². The summed E-state index contributed by atoms with van der Waals surface area (Å²) < 4.78 is 5.38. The first-order chi connectivity index (χ1) is 14.0. The highest BCUT2D eigenvalue weighted by molar-refractivity contribution is 5.88. The Kier molecular flexibility index (Phi) is 6.89. The summed E-state index contributed by atoms with van der Waals surface area (Å²) in [6.07, 6.45) is 2.40. The minimum atomic E-state index is -0.0463. The van der Waals surface area contributed by atoms with Gasteiger partial charge in [-0.1, -0.05) is 42.5 Å². The molecule has 0 aliphatic carbocycles. The van der Waals surface area contributed by atoms with E-state index in [1.54, 1.807) is 20.4 Å². The van der Waals surface area contributed by atoms with Crippen molar-refractivity contribution < 1.29 is 9.21 Å². The molecule has 0 bridgehead atoms. The van der Waals surface area contributed by atoms with Gasteiger partial charge >= 0.3 is 0 Å². The van der Waals surface area contributed by atoms with Crippen LogP contribution >= 0.6 is 0 Å². The lowest BCUT2D eigenvalue weighted by Gasteiger charge is -2.20. The van der Waals surface area contributed by atoms with E-state index in [0.717, 1.165) is 12.2 Å². The molecule has 6 nitrogen and oxygen atoms in total. The van der Waals surface area contributed by atoms with Crippen LogP contribution in [0.25, 0.3) is 10.8 Å². The van der Waals surface area contributed by atoms with E-state index in [1.165, 1.54) is 21.2 Å². The summed E-state index contributed by atoms with van der Waals surface area (Å²) in [4.78, 5) is 18.0. The van der Waals surface area contributed by atoms with Gasteiger partial charge in [0, 0.05) is 27.1 Å². The van der Waals surface area contributed by atoms with Crippen LogP contribution in [0.4, 0.5) is 0 Å². The molecule has 0 aliphatic rings. The average molecular weight is 393 g/mol. The number of likely N-dealkylation sites (N-methyl/N-ethyl adjacent to an activating group) is 1. The van der Waals surface area contributed by atoms with E-state index >= 15 is 0 Å². The lowest BCUT2D eigenvalue weighted by Crippen LogP contribution is -2.40. The fourth-order valence-corrected chi connectivity index (χ4v) is 3.11. The second-order valence-corrected chi connectivity index (χ2v) is 7.14. The van der Waals surface area contributed by atoms with E-state index in [1.807, 2.05) is 24.3 Å². The van der Waals surface area contributed by atoms with Gasteiger partial charge in [0.15, 0.2) is 5.96 Å². The van der Waals surface area contributed by atoms with Gasteiger partial charge in [-0.3, -0.25) is 4.79 Å². The summed E-state index contributed by atoms with van der Waals surface area (Å²) in [5.41, 5.74) is 1.18. The molecule has 6 heteroatoms. The Morgan fingerprint density at radius 2 is 1.90 bits per heavy atom. The monoisotopic (exact) mass is 392 g/mol. The first-order valence-corrected chi connectivity index (χ1v) is 9.79. The highest BCUT2D eigenvalue weighted by atomic mass is 16.3. The highest BCUT2D eigenvalue weighted by Gasteiger charge is 2.12. The van der Waals surface area contributed by atoms with E-state index in [2.05, 4.69) is 52.9 Å². The van der Waals surface area contributed by atoms with Gasteiger partial charge < -0.3 is 20.0 Å². The van der Waals surface area contributed by atoms with Crippen LogP contribution in [0.2, 0.25) is 0 Å². The maximum atomic E-state index is 12.0. The van der Waals surface area contributed by atoms with Crippen LogP contribution < -0.4 is 10.6 Å². The lowest BCUT2D eigenvalue weighted by molar-refractivity contribution is -0.127. The van der Waals surface area contributed by atoms with Crippen molar-refractivity contribution in [2.75, 3.05) is 27.2 Å². The largest absolute Gasteiger partial charge is 0.469 e. The van der Waals surface area contributed by atoms with Crippen LogP contribution in [0.15, 0.2) is 70.3 Å². The van der Waals surface area contributed by atoms with Crippen LogP contribution in [0, 0.1) is 0 Å². The molecule has 1 aromatic heterocycles. The molecule has 1 unspecified atom stereocenters. The topological polar surface area (TPSA) is 69.9 Å². The van der Waals surface area contributed by atoms with Gasteiger partial charge in [-0.2, -0.15) is 0 Å². The quantitative estimate of drug-likeness (QED) is 0.478. The lowest BCUT2D eigenvalue weighted by atomic mass is 10.00. The van der Waals surface area contributed by atoms with Gasteiger partial charge in [0.1, 0.15) is 12.3 Å². The van der Waals surface area contributed by atoms with Crippen molar-refractivity contribution in [1.29, 1.82) is 0 Å². The molecular formula is C23H28N4O2. The molecule has 1 amide bonds. The Bertz CT molecular complexity index is 959. The molecule has 3 aromatic rings. The second kappa shape index (κ2) is 9.78. The Morgan fingerprint density at radius 3 is 2.66 bits per heavy atom. The molecule has 0 fully saturated rings. The Morgan fingerprint density at radius 1 is 1.10 bits per heavy atom. The zero-order chi connectivity index (χ0) is 20.6. The summed E-state index contributed by atoms with van der Waals surface area (Å²) in [6, 6.07) is 18.4. The van der Waals surface area contributed by atoms with Gasteiger partial charge in [-0.05, 0) is 35.4 Å². The number of fused-ring (bicyclic) bond motifs is 1. The number of furan rings is 1. The smallest absolute Gasteiger partial charge is 0.243 e. The van der Waals surface area contributed by atoms with E-state index in [-0.39, 0.29) is 18.5 Å². The number of carbonyl (C=O) groups is 1. The van der Waals surface area contributed by atoms with E-state index in [0.29, 0.717) is 12.5 Å². The minimum absolute atomic E-state index is 0.0189. The van der Waals surface area contributed by atoms with Gasteiger partial charge in [-0.25, -0.2) is 4.99 Å². The fourth-order valence-electron chi connectivity index (χ4n) is 3.11. The number of guanidine groups is 1. The molecule has 0 spiro atoms. The maximum absolute atomic E-state index is 12.0. The molecule has 0 radical (unpaired) electrons. The fraction of sp³-hybridized carbons (Fsp3) is 0.304. The third-order valence-corrected chi connectivity index (χ3v) is 4.76. The first-order valence-electron chi connectivity index (χ1n) is 9.79. The summed E-state index contributed by atoms with van der Waals surface area (Å²) in [5.74, 6) is 1.46. The summed E-state index contributed by atoms with van der Waals surface area (Å²) in [7, 11) is 3.46. The number of hydrogen-bond acceptors (Lipinski definition) is 3. The molecule has 0 aliphatic heterocycles. The number of hydrogen-bond donors (Lipinski definition) is 2. The molecular weight excluding hydrogens is 364 g/mol. The van der Waals surface area contributed by atoms with Crippen molar-refractivity contribution in [3.8, 4) is 0 Å². The van der Waals surface area contributed by atoms with Crippen LogP contribution in [0.3, 0.4) is 0 Å². The summed E-state index contributed by atoms with van der Waals surface area (Å²) in [6.45, 7) is 2.84. The number of nitrogens with zero attached hydrogens (tertiary/aromatic N) is 2. The van der Waals surface area contributed by atoms with E-state index in [9.17, 15) is 4.79 Å². The van der Waals surface area contributed by atoms with Crippen molar-refractivity contribution in [3.05, 3.63) is 72.2 Å². The zero-order valence-corrected chi connectivity index (χ0v) is 17.2. The van der Waals surface area contributed by atoms with Gasteiger partial charge in [0.05, 0.1) is 12.3 Å². The van der Waals surface area contributed by atoms with Crippen molar-refractivity contribution in [2.24, 2.45) is 4.99 Å². The second-order valence-electron chi connectivity index (χ2n) is 7.14. The number of aliphatic imine (C=N–C) groups is 1. The average Bonchev–Trinajstić information content (AvgIpc) is 3.24. The Labute approximate surface area is 171 Å². The van der Waals surface area contributed by atoms with Crippen LogP contribution in [0.1, 0.15) is 24.3 Å². The number of benzene rings is 2. The normalized spacial score (nSPS) is 12.6. The first kappa shape index (κ1) is 20.5. The molecule has 152 valence electrons. The van der Waals surface area contributed by atoms with Crippen LogP contribution in [-0.4, -0.2) is 44.0 Å². The number of amides is 1. The predicted octanol–water partition coefficient (Wildman–Crippen LogP) is 3.36. The SMILES string of the molecule is CC(NC(=NCC(=O)N(C)C)NCCc1ccco1)c1cccc2ccccc12. The number of rotatable bonds is 7. The number of carbonyl (C=O) groups excluding carboxylic acids is 1. The number of nitrogens with one attached hydrogen (secondary N) is 2. The predicted molar refractivity (Wildman–Crippen MR) is 117 cm³/mol. The van der Waals surface area contributed by atoms with E-state index in [4.69, 9.17) is 4.42 Å². The molecule has 3 rings (SSSR count). The molecule has 2 N–H and O–H groups in total. The Balaban J connectivity index is 1.73. The summed E-state index contributed by atoms with van der Waals surface area (Å²) in [5, 5.41) is 9.15. The third-order valence-electron chi connectivity index (χ3n) is 4.76. The third kappa shape index (κ3) is 5.60. The van der Waals surface area contributed by atoms with Crippen LogP contribution in [0.5, 0.6) is 0 Å². The molecule has 1 atom stereocenters. The van der Waals surface area contributed by atoms with Crippen molar-refractivity contribution in [1.82, 2.24) is 15.5 Å². The molecule has 0 saturated carbocycles. The highest BCUT2D eigenvalue weighted by Crippen LogP contribution is 2.23.